The Kier molecular flexibility index (Phi) is 2.65. The van der Waals surface area contributed by atoms with Gasteiger partial charge in [-0.25, -0.2) is 0 Å². The number of benzene rings is 1. The number of hydrogen-bond acceptors (Lipinski definition) is 1. The van der Waals surface area contributed by atoms with Gasteiger partial charge in [0.2, 0.25) is 0 Å². The smallest absolute Gasteiger partial charge is 0.310 e. The second-order valence-corrected chi connectivity index (χ2v) is 4.19. The molecule has 0 unspecified atom stereocenters. The Labute approximate surface area is 94.9 Å². The quantitative estimate of drug-likeness (QED) is 0.821. The first-order valence-electron chi connectivity index (χ1n) is 5.29. The van der Waals surface area contributed by atoms with E-state index in [-0.39, 0.29) is 0 Å². The molecule has 82 valence electrons. The van der Waals surface area contributed by atoms with Crippen molar-refractivity contribution in [3.05, 3.63) is 53.1 Å². The summed E-state index contributed by atoms with van der Waals surface area (Å²) < 4.78 is 0. The van der Waals surface area contributed by atoms with Crippen LogP contribution < -0.4 is 0 Å². The van der Waals surface area contributed by atoms with Crippen molar-refractivity contribution in [2.24, 2.45) is 0 Å². The third kappa shape index (κ3) is 1.91. The topological polar surface area (TPSA) is 37.3 Å². The molecule has 0 heterocycles. The van der Waals surface area contributed by atoms with Crippen molar-refractivity contribution in [2.75, 3.05) is 0 Å². The fourth-order valence-electron chi connectivity index (χ4n) is 1.85. The van der Waals surface area contributed by atoms with Gasteiger partial charge in [0, 0.05) is 0 Å². The average molecular weight is 214 g/mol. The van der Waals surface area contributed by atoms with Gasteiger partial charge in [-0.3, -0.25) is 4.79 Å². The third-order valence-electron chi connectivity index (χ3n) is 2.96. The molecule has 1 aliphatic rings. The molecule has 0 bridgehead atoms. The summed E-state index contributed by atoms with van der Waals surface area (Å²) in [5, 5.41) is 8.95. The minimum Gasteiger partial charge on any atom is -0.481 e. The number of carboxylic acids is 1. The van der Waals surface area contributed by atoms with Gasteiger partial charge in [-0.05, 0) is 30.0 Å². The van der Waals surface area contributed by atoms with Crippen LogP contribution in [0.4, 0.5) is 0 Å². The van der Waals surface area contributed by atoms with Crippen molar-refractivity contribution < 1.29 is 9.90 Å². The zero-order valence-electron chi connectivity index (χ0n) is 9.23. The summed E-state index contributed by atoms with van der Waals surface area (Å²) in [6.45, 7) is 5.62. The van der Waals surface area contributed by atoms with Crippen LogP contribution in [0.1, 0.15) is 29.5 Å². The lowest BCUT2D eigenvalue weighted by atomic mass is 9.90. The highest BCUT2D eigenvalue weighted by Crippen LogP contribution is 2.25. The lowest BCUT2D eigenvalue weighted by Gasteiger charge is -2.15. The van der Waals surface area contributed by atoms with Gasteiger partial charge >= 0.3 is 5.97 Å². The maximum atomic E-state index is 10.9. The van der Waals surface area contributed by atoms with E-state index in [4.69, 9.17) is 5.11 Å². The van der Waals surface area contributed by atoms with Crippen molar-refractivity contribution in [1.82, 2.24) is 0 Å². The molecule has 0 saturated carbocycles. The summed E-state index contributed by atoms with van der Waals surface area (Å²) in [6.07, 6.45) is 4.84. The van der Waals surface area contributed by atoms with E-state index in [0.29, 0.717) is 0 Å². The van der Waals surface area contributed by atoms with Crippen LogP contribution in [0.15, 0.2) is 36.4 Å². The van der Waals surface area contributed by atoms with E-state index in [1.807, 2.05) is 30.4 Å². The maximum Gasteiger partial charge on any atom is 0.310 e. The van der Waals surface area contributed by atoms with Crippen molar-refractivity contribution in [2.45, 2.75) is 19.3 Å². The van der Waals surface area contributed by atoms with Crippen molar-refractivity contribution in [1.29, 1.82) is 0 Å². The van der Waals surface area contributed by atoms with Gasteiger partial charge in [0.25, 0.3) is 0 Å². The predicted molar refractivity (Wildman–Crippen MR) is 64.4 cm³/mol. The van der Waals surface area contributed by atoms with Gasteiger partial charge in [-0.1, -0.05) is 42.5 Å². The molecular formula is C14H14O2. The summed E-state index contributed by atoms with van der Waals surface area (Å²) in [7, 11) is 0. The van der Waals surface area contributed by atoms with Gasteiger partial charge in [0.1, 0.15) is 0 Å². The molecule has 0 aromatic heterocycles. The SMILES string of the molecule is C=C1C=Cc2cc([C@H](C)C(=O)O)ccc2C1. The minimum atomic E-state index is -0.788. The van der Waals surface area contributed by atoms with Gasteiger partial charge in [0.15, 0.2) is 0 Å². The van der Waals surface area contributed by atoms with Crippen LogP contribution in [-0.2, 0) is 11.2 Å². The molecule has 2 rings (SSSR count). The zero-order chi connectivity index (χ0) is 11.7. The van der Waals surface area contributed by atoms with Crippen molar-refractivity contribution in [3.63, 3.8) is 0 Å². The fraction of sp³-hybridized carbons (Fsp3) is 0.214. The Morgan fingerprint density at radius 1 is 1.44 bits per heavy atom. The van der Waals surface area contributed by atoms with E-state index in [0.717, 1.165) is 23.1 Å². The number of carbonyl (C=O) groups is 1. The molecule has 1 atom stereocenters. The molecular weight excluding hydrogens is 200 g/mol. The second-order valence-electron chi connectivity index (χ2n) is 4.19. The number of carboxylic acid groups (broad SMARTS) is 1. The normalized spacial score (nSPS) is 15.7. The highest BCUT2D eigenvalue weighted by molar-refractivity contribution is 5.76. The van der Waals surface area contributed by atoms with Gasteiger partial charge in [-0.15, -0.1) is 0 Å². The molecule has 2 nitrogen and oxygen atoms in total. The molecule has 1 aromatic rings. The van der Waals surface area contributed by atoms with Crippen molar-refractivity contribution in [3.8, 4) is 0 Å². The molecule has 1 aromatic carbocycles. The molecule has 0 spiro atoms. The summed E-state index contributed by atoms with van der Waals surface area (Å²) in [4.78, 5) is 10.9. The Bertz CT molecular complexity index is 484. The van der Waals surface area contributed by atoms with Crippen LogP contribution in [0.3, 0.4) is 0 Å². The largest absolute Gasteiger partial charge is 0.481 e. The summed E-state index contributed by atoms with van der Waals surface area (Å²) >= 11 is 0. The van der Waals surface area contributed by atoms with E-state index in [2.05, 4.69) is 6.58 Å². The van der Waals surface area contributed by atoms with Crippen LogP contribution in [-0.4, -0.2) is 11.1 Å². The lowest BCUT2D eigenvalue weighted by Crippen LogP contribution is -2.08. The number of hydrogen-bond donors (Lipinski definition) is 1. The van der Waals surface area contributed by atoms with Gasteiger partial charge in [-0.2, -0.15) is 0 Å². The summed E-state index contributed by atoms with van der Waals surface area (Å²) in [6, 6.07) is 5.85. The van der Waals surface area contributed by atoms with Crippen LogP contribution in [0, 0.1) is 0 Å². The van der Waals surface area contributed by atoms with Crippen LogP contribution in [0.2, 0.25) is 0 Å². The zero-order valence-corrected chi connectivity index (χ0v) is 9.23. The van der Waals surface area contributed by atoms with E-state index in [9.17, 15) is 4.79 Å². The molecule has 0 amide bonds. The predicted octanol–water partition coefficient (Wildman–Crippen LogP) is 3.00. The third-order valence-corrected chi connectivity index (χ3v) is 2.96. The first-order chi connectivity index (χ1) is 7.58. The summed E-state index contributed by atoms with van der Waals surface area (Å²) in [5.41, 5.74) is 4.27. The Balaban J connectivity index is 2.39. The van der Waals surface area contributed by atoms with Crippen molar-refractivity contribution >= 4 is 12.0 Å². The second kappa shape index (κ2) is 3.97. The molecule has 16 heavy (non-hydrogen) atoms. The number of rotatable bonds is 2. The van der Waals surface area contributed by atoms with E-state index < -0.39 is 11.9 Å². The number of fused-ring (bicyclic) bond motifs is 1. The Morgan fingerprint density at radius 2 is 2.19 bits per heavy atom. The van der Waals surface area contributed by atoms with Crippen LogP contribution in [0.5, 0.6) is 0 Å². The first-order valence-corrected chi connectivity index (χ1v) is 5.29. The van der Waals surface area contributed by atoms with Crippen LogP contribution in [0.25, 0.3) is 6.08 Å². The molecule has 0 aliphatic heterocycles. The number of aliphatic carboxylic acids is 1. The molecule has 2 heteroatoms. The number of allylic oxidation sites excluding steroid dienone is 2. The maximum absolute atomic E-state index is 10.9. The monoisotopic (exact) mass is 214 g/mol. The molecule has 0 radical (unpaired) electrons. The molecule has 0 saturated heterocycles. The Hall–Kier alpha value is -1.83. The van der Waals surface area contributed by atoms with E-state index in [1.54, 1.807) is 6.92 Å². The average Bonchev–Trinajstić information content (AvgIpc) is 2.27. The standard InChI is InChI=1S/C14H14O2/c1-9-3-4-13-8-11(10(2)14(15)16)5-6-12(13)7-9/h3-6,8,10H,1,7H2,2H3,(H,15,16)/t10-/m0/s1. The highest BCUT2D eigenvalue weighted by Gasteiger charge is 2.15. The summed E-state index contributed by atoms with van der Waals surface area (Å²) in [5.74, 6) is -1.24. The lowest BCUT2D eigenvalue weighted by molar-refractivity contribution is -0.138. The van der Waals surface area contributed by atoms with Crippen LogP contribution >= 0.6 is 0 Å². The van der Waals surface area contributed by atoms with Gasteiger partial charge in [0.05, 0.1) is 5.92 Å². The molecule has 1 N–H and O–H groups in total. The fourth-order valence-corrected chi connectivity index (χ4v) is 1.85. The van der Waals surface area contributed by atoms with Gasteiger partial charge < -0.3 is 5.11 Å². The minimum absolute atomic E-state index is 0.455. The molecule has 0 fully saturated rings. The Morgan fingerprint density at radius 3 is 2.88 bits per heavy atom. The van der Waals surface area contributed by atoms with E-state index in [1.165, 1.54) is 5.56 Å². The highest BCUT2D eigenvalue weighted by atomic mass is 16.4. The first kappa shape index (κ1) is 10.7. The van der Waals surface area contributed by atoms with E-state index >= 15 is 0 Å². The molecule has 1 aliphatic carbocycles.